The van der Waals surface area contributed by atoms with Crippen molar-refractivity contribution < 1.29 is 9.47 Å². The van der Waals surface area contributed by atoms with Crippen LogP contribution in [0.15, 0.2) is 24.3 Å². The summed E-state index contributed by atoms with van der Waals surface area (Å²) in [7, 11) is 3.58. The summed E-state index contributed by atoms with van der Waals surface area (Å²) in [6.07, 6.45) is 0.693. The molecule has 1 aromatic heterocycles. The van der Waals surface area contributed by atoms with Crippen LogP contribution in [0.4, 0.5) is 0 Å². The highest BCUT2D eigenvalue weighted by Crippen LogP contribution is 2.18. The Bertz CT molecular complexity index is 588. The molecule has 0 saturated carbocycles. The van der Waals surface area contributed by atoms with E-state index in [-0.39, 0.29) is 6.10 Å². The number of nitrogens with zero attached hydrogens (tertiary/aromatic N) is 3. The van der Waals surface area contributed by atoms with Crippen molar-refractivity contribution in [2.45, 2.75) is 12.5 Å². The van der Waals surface area contributed by atoms with E-state index in [0.717, 1.165) is 36.1 Å². The topological polar surface area (TPSA) is 61.2 Å². The molecule has 0 bridgehead atoms. The number of methoxy groups -OCH3 is 1. The zero-order valence-corrected chi connectivity index (χ0v) is 12.4. The molecule has 1 aliphatic rings. The molecule has 1 fully saturated rings. The van der Waals surface area contributed by atoms with E-state index in [9.17, 15) is 0 Å². The van der Waals surface area contributed by atoms with Crippen molar-refractivity contribution in [3.05, 3.63) is 41.5 Å². The number of hydrogen-bond donors (Lipinski definition) is 1. The van der Waals surface area contributed by atoms with Crippen LogP contribution in [0.1, 0.15) is 23.3 Å². The van der Waals surface area contributed by atoms with Crippen LogP contribution >= 0.6 is 0 Å². The van der Waals surface area contributed by atoms with Crippen molar-refractivity contribution in [3.63, 3.8) is 0 Å². The summed E-state index contributed by atoms with van der Waals surface area (Å²) in [6, 6.07) is 7.97. The Morgan fingerprint density at radius 2 is 2.19 bits per heavy atom. The number of nitrogens with one attached hydrogen (secondary N) is 1. The second-order valence-corrected chi connectivity index (χ2v) is 5.10. The van der Waals surface area contributed by atoms with E-state index in [1.54, 1.807) is 7.11 Å². The first-order valence-electron chi connectivity index (χ1n) is 7.11. The number of hydrogen-bond acceptors (Lipinski definition) is 5. The van der Waals surface area contributed by atoms with Crippen molar-refractivity contribution >= 4 is 0 Å². The third-order valence-electron chi connectivity index (χ3n) is 3.58. The van der Waals surface area contributed by atoms with Crippen LogP contribution < -0.4 is 10.1 Å². The number of ether oxygens (including phenoxy) is 2. The predicted octanol–water partition coefficient (Wildman–Crippen LogP) is 1.08. The van der Waals surface area contributed by atoms with Crippen LogP contribution in [0.5, 0.6) is 5.75 Å². The first kappa shape index (κ1) is 14.0. The van der Waals surface area contributed by atoms with E-state index in [0.29, 0.717) is 13.0 Å². The number of rotatable bonds is 4. The van der Waals surface area contributed by atoms with E-state index in [4.69, 9.17) is 9.47 Å². The van der Waals surface area contributed by atoms with Crippen LogP contribution in [0.25, 0.3) is 0 Å². The molecular weight excluding hydrogens is 268 g/mol. The molecule has 1 atom stereocenters. The predicted molar refractivity (Wildman–Crippen MR) is 78.4 cm³/mol. The van der Waals surface area contributed by atoms with Gasteiger partial charge < -0.3 is 14.8 Å². The van der Waals surface area contributed by atoms with E-state index in [2.05, 4.69) is 15.4 Å². The summed E-state index contributed by atoms with van der Waals surface area (Å²) in [5.74, 6) is 2.55. The highest BCUT2D eigenvalue weighted by Gasteiger charge is 2.21. The molecular formula is C15H20N4O2. The molecule has 2 heterocycles. The van der Waals surface area contributed by atoms with Gasteiger partial charge in [0.05, 0.1) is 13.7 Å². The highest BCUT2D eigenvalue weighted by molar-refractivity contribution is 5.28. The third-order valence-corrected chi connectivity index (χ3v) is 3.58. The first-order valence-corrected chi connectivity index (χ1v) is 7.11. The molecule has 3 rings (SSSR count). The number of morpholine rings is 1. The van der Waals surface area contributed by atoms with Gasteiger partial charge in [0, 0.05) is 26.6 Å². The van der Waals surface area contributed by atoms with E-state index >= 15 is 0 Å². The van der Waals surface area contributed by atoms with Crippen LogP contribution in [-0.4, -0.2) is 41.6 Å². The molecule has 1 N–H and O–H groups in total. The molecule has 6 heteroatoms. The molecule has 0 aliphatic carbocycles. The molecule has 112 valence electrons. The summed E-state index contributed by atoms with van der Waals surface area (Å²) in [5.41, 5.74) is 1.16. The molecule has 0 radical (unpaired) electrons. The SMILES string of the molecule is COc1ccc(Cc2nc(C3CNCCO3)n(C)n2)cc1. The Morgan fingerprint density at radius 3 is 2.86 bits per heavy atom. The first-order chi connectivity index (χ1) is 10.3. The fourth-order valence-electron chi connectivity index (χ4n) is 2.46. The van der Waals surface area contributed by atoms with Gasteiger partial charge in [-0.1, -0.05) is 12.1 Å². The minimum atomic E-state index is -0.0131. The van der Waals surface area contributed by atoms with E-state index < -0.39 is 0 Å². The Morgan fingerprint density at radius 1 is 1.38 bits per heavy atom. The number of aryl methyl sites for hydroxylation is 1. The normalized spacial score (nSPS) is 18.7. The summed E-state index contributed by atoms with van der Waals surface area (Å²) in [6.45, 7) is 2.40. The fraction of sp³-hybridized carbons (Fsp3) is 0.467. The van der Waals surface area contributed by atoms with Crippen molar-refractivity contribution in [2.24, 2.45) is 7.05 Å². The summed E-state index contributed by atoms with van der Waals surface area (Å²) in [4.78, 5) is 4.63. The molecule has 2 aromatic rings. The van der Waals surface area contributed by atoms with Gasteiger partial charge >= 0.3 is 0 Å². The summed E-state index contributed by atoms with van der Waals surface area (Å²) >= 11 is 0. The summed E-state index contributed by atoms with van der Waals surface area (Å²) < 4.78 is 12.7. The van der Waals surface area contributed by atoms with Crippen molar-refractivity contribution in [3.8, 4) is 5.75 Å². The Labute approximate surface area is 124 Å². The van der Waals surface area contributed by atoms with Gasteiger partial charge in [0.15, 0.2) is 11.6 Å². The third kappa shape index (κ3) is 3.22. The lowest BCUT2D eigenvalue weighted by atomic mass is 10.1. The van der Waals surface area contributed by atoms with Crippen molar-refractivity contribution in [1.29, 1.82) is 0 Å². The van der Waals surface area contributed by atoms with Crippen LogP contribution in [-0.2, 0) is 18.2 Å². The van der Waals surface area contributed by atoms with Crippen LogP contribution in [0, 0.1) is 0 Å². The lowest BCUT2D eigenvalue weighted by Crippen LogP contribution is -2.34. The van der Waals surface area contributed by atoms with Gasteiger partial charge in [0.25, 0.3) is 0 Å². The Balaban J connectivity index is 1.73. The fourth-order valence-corrected chi connectivity index (χ4v) is 2.46. The zero-order valence-electron chi connectivity index (χ0n) is 12.4. The maximum Gasteiger partial charge on any atom is 0.157 e. The smallest absolute Gasteiger partial charge is 0.157 e. The van der Waals surface area contributed by atoms with Gasteiger partial charge in [0.2, 0.25) is 0 Å². The van der Waals surface area contributed by atoms with Gasteiger partial charge in [-0.3, -0.25) is 4.68 Å². The molecule has 0 amide bonds. The highest BCUT2D eigenvalue weighted by atomic mass is 16.5. The lowest BCUT2D eigenvalue weighted by molar-refractivity contribution is 0.0199. The molecule has 1 aromatic carbocycles. The number of benzene rings is 1. The average molecular weight is 288 g/mol. The van der Waals surface area contributed by atoms with E-state index in [1.165, 1.54) is 0 Å². The Hall–Kier alpha value is -1.92. The number of aromatic nitrogens is 3. The largest absolute Gasteiger partial charge is 0.497 e. The molecule has 1 unspecified atom stereocenters. The minimum Gasteiger partial charge on any atom is -0.497 e. The molecule has 21 heavy (non-hydrogen) atoms. The van der Waals surface area contributed by atoms with Gasteiger partial charge in [0.1, 0.15) is 11.9 Å². The molecule has 0 spiro atoms. The maximum absolute atomic E-state index is 5.74. The quantitative estimate of drug-likeness (QED) is 0.912. The molecule has 1 aliphatic heterocycles. The zero-order chi connectivity index (χ0) is 14.7. The van der Waals surface area contributed by atoms with Crippen LogP contribution in [0.2, 0.25) is 0 Å². The van der Waals surface area contributed by atoms with Crippen molar-refractivity contribution in [1.82, 2.24) is 20.1 Å². The maximum atomic E-state index is 5.74. The molecule has 6 nitrogen and oxygen atoms in total. The standard InChI is InChI=1S/C15H20N4O2/c1-19-15(13-10-16-7-8-21-13)17-14(18-19)9-11-3-5-12(20-2)6-4-11/h3-6,13,16H,7-10H2,1-2H3. The van der Waals surface area contributed by atoms with Gasteiger partial charge in [-0.25, -0.2) is 4.98 Å². The second-order valence-electron chi connectivity index (χ2n) is 5.10. The minimum absolute atomic E-state index is 0.0131. The van der Waals surface area contributed by atoms with Crippen LogP contribution in [0.3, 0.4) is 0 Å². The Kier molecular flexibility index (Phi) is 4.17. The average Bonchev–Trinajstić information content (AvgIpc) is 2.89. The monoisotopic (exact) mass is 288 g/mol. The van der Waals surface area contributed by atoms with Gasteiger partial charge in [-0.05, 0) is 17.7 Å². The lowest BCUT2D eigenvalue weighted by Gasteiger charge is -2.22. The van der Waals surface area contributed by atoms with E-state index in [1.807, 2.05) is 36.0 Å². The van der Waals surface area contributed by atoms with Crippen molar-refractivity contribution in [2.75, 3.05) is 26.8 Å². The molecule has 1 saturated heterocycles. The van der Waals surface area contributed by atoms with Gasteiger partial charge in [-0.15, -0.1) is 0 Å². The summed E-state index contributed by atoms with van der Waals surface area (Å²) in [5, 5.41) is 7.80. The second kappa shape index (κ2) is 6.24. The van der Waals surface area contributed by atoms with Gasteiger partial charge in [-0.2, -0.15) is 5.10 Å².